The van der Waals surface area contributed by atoms with Gasteiger partial charge in [-0.25, -0.2) is 0 Å². The van der Waals surface area contributed by atoms with Crippen LogP contribution in [0.5, 0.6) is 0 Å². The first-order valence-corrected chi connectivity index (χ1v) is 8.20. The lowest BCUT2D eigenvalue weighted by atomic mass is 9.99. The molecule has 0 saturated heterocycles. The van der Waals surface area contributed by atoms with Gasteiger partial charge >= 0.3 is 0 Å². The number of nitrogens with one attached hydrogen (secondary N) is 1. The number of amides is 1. The highest BCUT2D eigenvalue weighted by Gasteiger charge is 2.15. The van der Waals surface area contributed by atoms with Crippen molar-refractivity contribution in [2.75, 3.05) is 13.6 Å². The van der Waals surface area contributed by atoms with Crippen molar-refractivity contribution in [3.8, 4) is 6.07 Å². The highest BCUT2D eigenvalue weighted by molar-refractivity contribution is 5.76. The fourth-order valence-electron chi connectivity index (χ4n) is 2.80. The molecule has 0 unspecified atom stereocenters. The fourth-order valence-corrected chi connectivity index (χ4v) is 2.80. The Labute approximate surface area is 147 Å². The molecule has 0 radical (unpaired) electrons. The maximum Gasteiger partial charge on any atom is 0.266 e. The second kappa shape index (κ2) is 8.25. The van der Waals surface area contributed by atoms with E-state index in [9.17, 15) is 9.59 Å². The average Bonchev–Trinajstić information content (AvgIpc) is 2.60. The van der Waals surface area contributed by atoms with Gasteiger partial charge in [-0.1, -0.05) is 6.07 Å². The van der Waals surface area contributed by atoms with Crippen LogP contribution < -0.4 is 5.56 Å². The van der Waals surface area contributed by atoms with Crippen molar-refractivity contribution in [3.63, 3.8) is 0 Å². The lowest BCUT2D eigenvalue weighted by Gasteiger charge is -2.18. The standard InChI is InChI=1S/C19H22N4O2/c1-13-16(14(2)22-19(25)17(13)12-20)7-8-18(24)23(3)11-9-15-6-4-5-10-21-15/h4-6,10H,7-9,11H2,1-3H3,(H,22,25). The molecule has 0 saturated carbocycles. The minimum atomic E-state index is -0.375. The van der Waals surface area contributed by atoms with Crippen molar-refractivity contribution in [2.45, 2.75) is 33.1 Å². The number of likely N-dealkylation sites (N-methyl/N-ethyl adjacent to an activating group) is 1. The van der Waals surface area contributed by atoms with E-state index in [4.69, 9.17) is 5.26 Å². The fraction of sp³-hybridized carbons (Fsp3) is 0.368. The quantitative estimate of drug-likeness (QED) is 0.871. The number of carbonyl (C=O) groups excluding carboxylic acids is 1. The average molecular weight is 338 g/mol. The predicted octanol–water partition coefficient (Wildman–Crippen LogP) is 1.89. The van der Waals surface area contributed by atoms with Crippen LogP contribution in [0.2, 0.25) is 0 Å². The van der Waals surface area contributed by atoms with Crippen molar-refractivity contribution in [3.05, 3.63) is 62.8 Å². The van der Waals surface area contributed by atoms with Crippen LogP contribution in [0.1, 0.15) is 34.5 Å². The van der Waals surface area contributed by atoms with Crippen LogP contribution in [0.15, 0.2) is 29.2 Å². The van der Waals surface area contributed by atoms with Crippen molar-refractivity contribution in [1.29, 1.82) is 5.26 Å². The van der Waals surface area contributed by atoms with Gasteiger partial charge in [0.25, 0.3) is 5.56 Å². The van der Waals surface area contributed by atoms with Gasteiger partial charge in [0.1, 0.15) is 11.6 Å². The van der Waals surface area contributed by atoms with Gasteiger partial charge < -0.3 is 9.88 Å². The number of nitrogens with zero attached hydrogens (tertiary/aromatic N) is 3. The molecule has 2 rings (SSSR count). The van der Waals surface area contributed by atoms with Gasteiger partial charge in [-0.05, 0) is 43.5 Å². The summed E-state index contributed by atoms with van der Waals surface area (Å²) in [6.07, 6.45) is 3.28. The van der Waals surface area contributed by atoms with Crippen LogP contribution in [0.3, 0.4) is 0 Å². The number of hydrogen-bond acceptors (Lipinski definition) is 4. The summed E-state index contributed by atoms with van der Waals surface area (Å²) in [5.74, 6) is 0.0273. The molecule has 1 N–H and O–H groups in total. The molecule has 0 aliphatic carbocycles. The lowest BCUT2D eigenvalue weighted by Crippen LogP contribution is -2.29. The molecule has 0 aliphatic heterocycles. The third-order valence-electron chi connectivity index (χ3n) is 4.36. The second-order valence-electron chi connectivity index (χ2n) is 6.06. The Morgan fingerprint density at radius 2 is 2.08 bits per heavy atom. The van der Waals surface area contributed by atoms with E-state index in [2.05, 4.69) is 9.97 Å². The molecule has 0 aliphatic rings. The third kappa shape index (κ3) is 4.54. The number of aromatic nitrogens is 2. The van der Waals surface area contributed by atoms with Gasteiger partial charge in [0.2, 0.25) is 5.91 Å². The van der Waals surface area contributed by atoms with E-state index < -0.39 is 0 Å². The van der Waals surface area contributed by atoms with Crippen LogP contribution >= 0.6 is 0 Å². The Morgan fingerprint density at radius 1 is 1.32 bits per heavy atom. The molecule has 6 heteroatoms. The van der Waals surface area contributed by atoms with Gasteiger partial charge in [-0.2, -0.15) is 5.26 Å². The highest BCUT2D eigenvalue weighted by atomic mass is 16.2. The molecule has 130 valence electrons. The summed E-state index contributed by atoms with van der Waals surface area (Å²) in [5, 5.41) is 9.11. The van der Waals surface area contributed by atoms with E-state index in [0.29, 0.717) is 37.1 Å². The number of aromatic amines is 1. The van der Waals surface area contributed by atoms with E-state index in [1.54, 1.807) is 32.0 Å². The summed E-state index contributed by atoms with van der Waals surface area (Å²) in [5.41, 5.74) is 2.94. The highest BCUT2D eigenvalue weighted by Crippen LogP contribution is 2.15. The topological polar surface area (TPSA) is 89.8 Å². The zero-order chi connectivity index (χ0) is 18.4. The monoisotopic (exact) mass is 338 g/mol. The normalized spacial score (nSPS) is 10.3. The SMILES string of the molecule is Cc1[nH]c(=O)c(C#N)c(C)c1CCC(=O)N(C)CCc1ccccn1. The van der Waals surface area contributed by atoms with Crippen LogP contribution in [0.4, 0.5) is 0 Å². The largest absolute Gasteiger partial charge is 0.345 e. The number of H-pyrrole nitrogens is 1. The Balaban J connectivity index is 1.98. The molecule has 0 fully saturated rings. The van der Waals surface area contributed by atoms with Crippen molar-refractivity contribution >= 4 is 5.91 Å². The van der Waals surface area contributed by atoms with Gasteiger partial charge in [-0.15, -0.1) is 0 Å². The molecular formula is C19H22N4O2. The minimum Gasteiger partial charge on any atom is -0.345 e. The van der Waals surface area contributed by atoms with E-state index >= 15 is 0 Å². The number of carbonyl (C=O) groups is 1. The zero-order valence-corrected chi connectivity index (χ0v) is 14.8. The van der Waals surface area contributed by atoms with E-state index in [-0.39, 0.29) is 17.0 Å². The Bertz CT molecular complexity index is 850. The Kier molecular flexibility index (Phi) is 6.07. The van der Waals surface area contributed by atoms with Gasteiger partial charge in [0.05, 0.1) is 0 Å². The summed E-state index contributed by atoms with van der Waals surface area (Å²) >= 11 is 0. The Morgan fingerprint density at radius 3 is 2.72 bits per heavy atom. The minimum absolute atomic E-state index is 0.0273. The molecule has 0 spiro atoms. The second-order valence-corrected chi connectivity index (χ2v) is 6.06. The summed E-state index contributed by atoms with van der Waals surface area (Å²) in [6, 6.07) is 7.67. The molecule has 0 atom stereocenters. The van der Waals surface area contributed by atoms with Gasteiger partial charge in [0.15, 0.2) is 0 Å². The molecule has 2 heterocycles. The molecule has 6 nitrogen and oxygen atoms in total. The maximum absolute atomic E-state index is 12.4. The van der Waals surface area contributed by atoms with Crippen molar-refractivity contribution in [1.82, 2.24) is 14.9 Å². The molecule has 25 heavy (non-hydrogen) atoms. The number of nitriles is 1. The van der Waals surface area contributed by atoms with E-state index in [1.165, 1.54) is 0 Å². The van der Waals surface area contributed by atoms with Crippen LogP contribution in [-0.4, -0.2) is 34.4 Å². The summed E-state index contributed by atoms with van der Waals surface area (Å²) in [6.45, 7) is 4.15. The molecule has 0 bridgehead atoms. The molecule has 2 aromatic rings. The van der Waals surface area contributed by atoms with Crippen LogP contribution in [0.25, 0.3) is 0 Å². The van der Waals surface area contributed by atoms with E-state index in [0.717, 1.165) is 11.3 Å². The summed E-state index contributed by atoms with van der Waals surface area (Å²) < 4.78 is 0. The van der Waals surface area contributed by atoms with Crippen LogP contribution in [-0.2, 0) is 17.6 Å². The number of rotatable bonds is 6. The smallest absolute Gasteiger partial charge is 0.266 e. The van der Waals surface area contributed by atoms with Crippen molar-refractivity contribution < 1.29 is 4.79 Å². The molecular weight excluding hydrogens is 316 g/mol. The maximum atomic E-state index is 12.4. The lowest BCUT2D eigenvalue weighted by molar-refractivity contribution is -0.129. The van der Waals surface area contributed by atoms with Crippen LogP contribution in [0, 0.1) is 25.2 Å². The number of aryl methyl sites for hydroxylation is 1. The number of pyridine rings is 2. The molecule has 2 aromatic heterocycles. The molecule has 0 aromatic carbocycles. The van der Waals surface area contributed by atoms with Crippen molar-refractivity contribution in [2.24, 2.45) is 0 Å². The summed E-state index contributed by atoms with van der Waals surface area (Å²) in [4.78, 5) is 32.7. The van der Waals surface area contributed by atoms with E-state index in [1.807, 2.05) is 24.3 Å². The number of hydrogen-bond donors (Lipinski definition) is 1. The van der Waals surface area contributed by atoms with Gasteiger partial charge in [0, 0.05) is 44.0 Å². The first kappa shape index (κ1) is 18.4. The first-order valence-electron chi connectivity index (χ1n) is 8.20. The first-order chi connectivity index (χ1) is 11.9. The third-order valence-corrected chi connectivity index (χ3v) is 4.36. The zero-order valence-electron chi connectivity index (χ0n) is 14.8. The summed E-state index contributed by atoms with van der Waals surface area (Å²) in [7, 11) is 1.78. The predicted molar refractivity (Wildman–Crippen MR) is 95.2 cm³/mol. The molecule has 1 amide bonds. The Hall–Kier alpha value is -2.94. The van der Waals surface area contributed by atoms with Gasteiger partial charge in [-0.3, -0.25) is 14.6 Å².